The number of carbonyl (C=O) groups is 1. The number of rotatable bonds is 4. The van der Waals surface area contributed by atoms with Gasteiger partial charge in [-0.2, -0.15) is 0 Å². The summed E-state index contributed by atoms with van der Waals surface area (Å²) in [4.78, 5) is 10.9. The lowest BCUT2D eigenvalue weighted by molar-refractivity contribution is 0.0697. The molecule has 0 aliphatic heterocycles. The summed E-state index contributed by atoms with van der Waals surface area (Å²) in [6.45, 7) is 2.22. The first kappa shape index (κ1) is 13.7. The summed E-state index contributed by atoms with van der Waals surface area (Å²) >= 11 is 0. The smallest absolute Gasteiger partial charge is 0.335 e. The SMILES string of the molecule is CCC1CCCCC1Nc1ccc(C(=O)O)cc1N. The zero-order chi connectivity index (χ0) is 13.8. The van der Waals surface area contributed by atoms with E-state index in [0.29, 0.717) is 17.6 Å². The average molecular weight is 262 g/mol. The van der Waals surface area contributed by atoms with E-state index in [2.05, 4.69) is 12.2 Å². The first-order valence-electron chi connectivity index (χ1n) is 7.01. The van der Waals surface area contributed by atoms with Gasteiger partial charge in [-0.25, -0.2) is 4.79 Å². The molecule has 19 heavy (non-hydrogen) atoms. The van der Waals surface area contributed by atoms with Crippen LogP contribution in [0.5, 0.6) is 0 Å². The molecule has 1 aliphatic carbocycles. The lowest BCUT2D eigenvalue weighted by Crippen LogP contribution is -2.32. The minimum atomic E-state index is -0.942. The number of nitrogens with two attached hydrogens (primary N) is 1. The molecule has 2 unspecified atom stereocenters. The molecule has 1 saturated carbocycles. The fourth-order valence-corrected chi connectivity index (χ4v) is 2.91. The fraction of sp³-hybridized carbons (Fsp3) is 0.533. The fourth-order valence-electron chi connectivity index (χ4n) is 2.91. The van der Waals surface area contributed by atoms with Crippen LogP contribution in [-0.2, 0) is 0 Å². The largest absolute Gasteiger partial charge is 0.478 e. The number of carboxylic acid groups (broad SMARTS) is 1. The van der Waals surface area contributed by atoms with Gasteiger partial charge in [-0.1, -0.05) is 26.2 Å². The Morgan fingerprint density at radius 3 is 2.79 bits per heavy atom. The van der Waals surface area contributed by atoms with Gasteiger partial charge >= 0.3 is 5.97 Å². The monoisotopic (exact) mass is 262 g/mol. The van der Waals surface area contributed by atoms with Gasteiger partial charge in [0, 0.05) is 6.04 Å². The van der Waals surface area contributed by atoms with Gasteiger partial charge in [0.2, 0.25) is 0 Å². The summed E-state index contributed by atoms with van der Waals surface area (Å²) in [6, 6.07) is 5.36. The highest BCUT2D eigenvalue weighted by Gasteiger charge is 2.23. The second kappa shape index (κ2) is 5.95. The topological polar surface area (TPSA) is 75.3 Å². The number of carboxylic acids is 1. The maximum Gasteiger partial charge on any atom is 0.335 e. The number of anilines is 2. The van der Waals surface area contributed by atoms with E-state index in [0.717, 1.165) is 5.69 Å². The van der Waals surface area contributed by atoms with Crippen molar-refractivity contribution in [3.8, 4) is 0 Å². The predicted octanol–water partition coefficient (Wildman–Crippen LogP) is 3.35. The zero-order valence-corrected chi connectivity index (χ0v) is 11.4. The molecule has 1 fully saturated rings. The number of nitrogens with one attached hydrogen (secondary N) is 1. The molecular weight excluding hydrogens is 240 g/mol. The van der Waals surface area contributed by atoms with Crippen LogP contribution in [0.3, 0.4) is 0 Å². The molecule has 2 rings (SSSR count). The van der Waals surface area contributed by atoms with E-state index in [9.17, 15) is 4.79 Å². The van der Waals surface area contributed by atoms with Gasteiger partial charge in [-0.15, -0.1) is 0 Å². The number of aromatic carboxylic acids is 1. The maximum absolute atomic E-state index is 10.9. The van der Waals surface area contributed by atoms with Crippen molar-refractivity contribution in [2.45, 2.75) is 45.1 Å². The van der Waals surface area contributed by atoms with Gasteiger partial charge in [0.05, 0.1) is 16.9 Å². The predicted molar refractivity (Wildman–Crippen MR) is 77.5 cm³/mol. The van der Waals surface area contributed by atoms with E-state index in [1.54, 1.807) is 12.1 Å². The van der Waals surface area contributed by atoms with Crippen LogP contribution in [0.1, 0.15) is 49.4 Å². The molecule has 1 aliphatic rings. The van der Waals surface area contributed by atoms with Crippen LogP contribution in [0.4, 0.5) is 11.4 Å². The van der Waals surface area contributed by atoms with Crippen LogP contribution < -0.4 is 11.1 Å². The third kappa shape index (κ3) is 3.19. The van der Waals surface area contributed by atoms with Gasteiger partial charge in [-0.05, 0) is 37.0 Å². The summed E-state index contributed by atoms with van der Waals surface area (Å²) in [7, 11) is 0. The van der Waals surface area contributed by atoms with Crippen molar-refractivity contribution in [2.75, 3.05) is 11.1 Å². The highest BCUT2D eigenvalue weighted by molar-refractivity contribution is 5.90. The molecule has 0 spiro atoms. The van der Waals surface area contributed by atoms with Gasteiger partial charge < -0.3 is 16.2 Å². The first-order valence-corrected chi connectivity index (χ1v) is 7.01. The van der Waals surface area contributed by atoms with Crippen molar-refractivity contribution in [1.82, 2.24) is 0 Å². The van der Waals surface area contributed by atoms with Gasteiger partial charge in [0.25, 0.3) is 0 Å². The highest BCUT2D eigenvalue weighted by atomic mass is 16.4. The van der Waals surface area contributed by atoms with Gasteiger partial charge in [-0.3, -0.25) is 0 Å². The molecule has 4 heteroatoms. The molecule has 0 saturated heterocycles. The lowest BCUT2D eigenvalue weighted by atomic mass is 9.82. The molecule has 2 atom stereocenters. The Balaban J connectivity index is 2.11. The minimum absolute atomic E-state index is 0.235. The van der Waals surface area contributed by atoms with Crippen molar-refractivity contribution >= 4 is 17.3 Å². The van der Waals surface area contributed by atoms with Crippen molar-refractivity contribution in [2.24, 2.45) is 5.92 Å². The van der Waals surface area contributed by atoms with Crippen LogP contribution in [0, 0.1) is 5.92 Å². The quantitative estimate of drug-likeness (QED) is 0.727. The van der Waals surface area contributed by atoms with Crippen LogP contribution in [0.15, 0.2) is 18.2 Å². The lowest BCUT2D eigenvalue weighted by Gasteiger charge is -2.32. The molecule has 0 aromatic heterocycles. The standard InChI is InChI=1S/C15H22N2O2/c1-2-10-5-3-4-6-13(10)17-14-8-7-11(15(18)19)9-12(14)16/h7-10,13,17H,2-6,16H2,1H3,(H,18,19). The first-order chi connectivity index (χ1) is 9.11. The van der Waals surface area contributed by atoms with Crippen molar-refractivity contribution in [3.63, 3.8) is 0 Å². The van der Waals surface area contributed by atoms with Crippen molar-refractivity contribution in [1.29, 1.82) is 0 Å². The normalized spacial score (nSPS) is 23.0. The summed E-state index contributed by atoms with van der Waals surface area (Å²) in [6.07, 6.45) is 6.16. The van der Waals surface area contributed by atoms with E-state index in [-0.39, 0.29) is 5.56 Å². The molecule has 1 aromatic carbocycles. The second-order valence-electron chi connectivity index (χ2n) is 5.31. The summed E-state index contributed by atoms with van der Waals surface area (Å²) in [5.41, 5.74) is 7.54. The molecule has 4 N–H and O–H groups in total. The number of benzene rings is 1. The van der Waals surface area contributed by atoms with Crippen molar-refractivity contribution < 1.29 is 9.90 Å². The number of hydrogen-bond acceptors (Lipinski definition) is 3. The van der Waals surface area contributed by atoms with Crippen LogP contribution in [0.25, 0.3) is 0 Å². The molecule has 1 aromatic rings. The third-order valence-corrected chi connectivity index (χ3v) is 4.07. The molecule has 0 bridgehead atoms. The summed E-state index contributed by atoms with van der Waals surface area (Å²) in [5.74, 6) is -0.255. The van der Waals surface area contributed by atoms with Gasteiger partial charge in [0.1, 0.15) is 0 Å². The van der Waals surface area contributed by atoms with E-state index in [1.807, 2.05) is 0 Å². The molecule has 104 valence electrons. The van der Waals surface area contributed by atoms with E-state index >= 15 is 0 Å². The summed E-state index contributed by atoms with van der Waals surface area (Å²) < 4.78 is 0. The molecular formula is C15H22N2O2. The molecule has 0 amide bonds. The van der Waals surface area contributed by atoms with Crippen LogP contribution >= 0.6 is 0 Å². The van der Waals surface area contributed by atoms with E-state index in [4.69, 9.17) is 10.8 Å². The maximum atomic E-state index is 10.9. The van der Waals surface area contributed by atoms with E-state index < -0.39 is 5.97 Å². The van der Waals surface area contributed by atoms with Crippen LogP contribution in [0.2, 0.25) is 0 Å². The molecule has 0 heterocycles. The Kier molecular flexibility index (Phi) is 4.30. The number of nitrogen functional groups attached to an aromatic ring is 1. The Labute approximate surface area is 114 Å². The Morgan fingerprint density at radius 2 is 2.16 bits per heavy atom. The minimum Gasteiger partial charge on any atom is -0.478 e. The van der Waals surface area contributed by atoms with Crippen molar-refractivity contribution in [3.05, 3.63) is 23.8 Å². The number of hydrogen-bond donors (Lipinski definition) is 3. The molecule has 4 nitrogen and oxygen atoms in total. The average Bonchev–Trinajstić information content (AvgIpc) is 2.41. The Bertz CT molecular complexity index is 459. The van der Waals surface area contributed by atoms with Gasteiger partial charge in [0.15, 0.2) is 0 Å². The Hall–Kier alpha value is -1.71. The van der Waals surface area contributed by atoms with Crippen LogP contribution in [-0.4, -0.2) is 17.1 Å². The second-order valence-corrected chi connectivity index (χ2v) is 5.31. The summed E-state index contributed by atoms with van der Waals surface area (Å²) in [5, 5.41) is 12.4. The Morgan fingerprint density at radius 1 is 1.42 bits per heavy atom. The molecule has 0 radical (unpaired) electrons. The van der Waals surface area contributed by atoms with E-state index in [1.165, 1.54) is 38.2 Å². The third-order valence-electron chi connectivity index (χ3n) is 4.07. The zero-order valence-electron chi connectivity index (χ0n) is 11.4. The highest BCUT2D eigenvalue weighted by Crippen LogP contribution is 2.31.